The fraction of sp³-hybridized carbons (Fsp3) is 0.526. The maximum absolute atomic E-state index is 12.5. The minimum atomic E-state index is -0.742. The number of amides is 3. The zero-order valence-corrected chi connectivity index (χ0v) is 17.8. The Morgan fingerprint density at radius 2 is 1.97 bits per heavy atom. The third-order valence-electron chi connectivity index (χ3n) is 5.47. The molecule has 3 amide bonds. The number of nitrogens with one attached hydrogen (secondary N) is 2. The van der Waals surface area contributed by atoms with E-state index in [1.54, 1.807) is 12.1 Å². The van der Waals surface area contributed by atoms with Crippen molar-refractivity contribution in [1.82, 2.24) is 15.5 Å². The first kappa shape index (κ1) is 23.3. The van der Waals surface area contributed by atoms with Crippen LogP contribution in [-0.2, 0) is 4.79 Å². The number of Topliss-reactive ketones (excluding diaryl/α,β-unsaturated/α-hetero) is 1. The molecule has 1 aromatic carbocycles. The van der Waals surface area contributed by atoms with E-state index in [4.69, 9.17) is 22.1 Å². The number of carbonyl (C=O) groups excluding carboxylic acids is 3. The molecule has 3 rings (SSSR count). The molecule has 0 unspecified atom stereocenters. The van der Waals surface area contributed by atoms with Gasteiger partial charge in [-0.2, -0.15) is 0 Å². The molecular weight excluding hydrogens is 419 g/mol. The van der Waals surface area contributed by atoms with Crippen molar-refractivity contribution in [3.05, 3.63) is 22.7 Å². The van der Waals surface area contributed by atoms with E-state index in [1.165, 1.54) is 7.11 Å². The van der Waals surface area contributed by atoms with Gasteiger partial charge in [0.1, 0.15) is 11.3 Å². The number of methoxy groups -OCH3 is 1. The smallest absolute Gasteiger partial charge is 0.322 e. The Bertz CT molecular complexity index is 795. The highest BCUT2D eigenvalue weighted by Crippen LogP contribution is 2.30. The van der Waals surface area contributed by atoms with Crippen LogP contribution in [0.15, 0.2) is 12.1 Å². The molecule has 0 aliphatic carbocycles. The second-order valence-electron chi connectivity index (χ2n) is 7.29. The van der Waals surface area contributed by atoms with Crippen LogP contribution in [0.25, 0.3) is 0 Å². The summed E-state index contributed by atoms with van der Waals surface area (Å²) in [5.41, 5.74) is 5.84. The molecule has 10 heteroatoms. The number of hydrogen-bond donors (Lipinski definition) is 3. The quantitative estimate of drug-likeness (QED) is 0.257. The number of nitrogens with two attached hydrogens (primary N) is 1. The molecule has 1 aromatic rings. The number of hydrogen-bond acceptors (Lipinski definition) is 6. The van der Waals surface area contributed by atoms with Gasteiger partial charge in [-0.25, -0.2) is 4.79 Å². The summed E-state index contributed by atoms with van der Waals surface area (Å²) in [5, 5.41) is 5.42. The molecule has 29 heavy (non-hydrogen) atoms. The number of likely N-dealkylation sites (tertiary alicyclic amines) is 1. The molecule has 2 heterocycles. The first-order valence-corrected chi connectivity index (χ1v) is 9.74. The van der Waals surface area contributed by atoms with E-state index in [-0.39, 0.29) is 24.1 Å². The number of nitrogens with zero attached hydrogens (tertiary/aromatic N) is 1. The molecule has 0 bridgehead atoms. The average molecular weight is 445 g/mol. The van der Waals surface area contributed by atoms with Crippen molar-refractivity contribution in [2.24, 2.45) is 0 Å². The molecule has 2 fully saturated rings. The summed E-state index contributed by atoms with van der Waals surface area (Å²) in [6.45, 7) is 2.32. The Morgan fingerprint density at radius 1 is 1.28 bits per heavy atom. The standard InChI is InChI=1S/C19H25ClN4O4.ClH/c1-28-16-11-14(21)13(20)10-12(16)15(25)4-2-3-7-24-8-5-19(6-9-24)17(26)22-18(27)23-19;/h10-11H,2-9,21H2,1H3,(H2,22,23,26,27);1H. The van der Waals surface area contributed by atoms with Crippen molar-refractivity contribution in [3.63, 3.8) is 0 Å². The van der Waals surface area contributed by atoms with Crippen LogP contribution >= 0.6 is 24.0 Å². The van der Waals surface area contributed by atoms with Gasteiger partial charge in [0.05, 0.1) is 23.4 Å². The molecule has 0 saturated carbocycles. The third kappa shape index (κ3) is 5.12. The van der Waals surface area contributed by atoms with Crippen molar-refractivity contribution in [3.8, 4) is 5.75 Å². The number of unbranched alkanes of at least 4 members (excludes halogenated alkanes) is 1. The van der Waals surface area contributed by atoms with Crippen LogP contribution in [0.4, 0.5) is 10.5 Å². The molecule has 2 aliphatic rings. The van der Waals surface area contributed by atoms with Crippen LogP contribution in [0, 0.1) is 0 Å². The van der Waals surface area contributed by atoms with Gasteiger partial charge >= 0.3 is 6.03 Å². The Kier molecular flexibility index (Phi) is 7.73. The van der Waals surface area contributed by atoms with Crippen molar-refractivity contribution < 1.29 is 19.1 Å². The van der Waals surface area contributed by atoms with Gasteiger partial charge in [0.2, 0.25) is 0 Å². The third-order valence-corrected chi connectivity index (χ3v) is 5.80. The Balaban J connectivity index is 0.00000300. The predicted octanol–water partition coefficient (Wildman–Crippen LogP) is 2.38. The number of rotatable bonds is 7. The Labute approximate surface area is 180 Å². The van der Waals surface area contributed by atoms with Gasteiger partial charge < -0.3 is 20.7 Å². The number of ether oxygens (including phenoxy) is 1. The van der Waals surface area contributed by atoms with E-state index in [9.17, 15) is 14.4 Å². The molecular formula is C19H26Cl2N4O4. The number of halogens is 2. The largest absolute Gasteiger partial charge is 0.496 e. The summed E-state index contributed by atoms with van der Waals surface area (Å²) in [6.07, 6.45) is 3.20. The lowest BCUT2D eigenvalue weighted by molar-refractivity contribution is -0.125. The van der Waals surface area contributed by atoms with Gasteiger partial charge in [0.25, 0.3) is 5.91 Å². The predicted molar refractivity (Wildman–Crippen MR) is 113 cm³/mol. The maximum Gasteiger partial charge on any atom is 0.322 e. The van der Waals surface area contributed by atoms with Crippen LogP contribution in [0.2, 0.25) is 5.02 Å². The van der Waals surface area contributed by atoms with Gasteiger partial charge in [0, 0.05) is 25.6 Å². The lowest BCUT2D eigenvalue weighted by Crippen LogP contribution is -2.54. The Morgan fingerprint density at radius 3 is 2.55 bits per heavy atom. The van der Waals surface area contributed by atoms with E-state index in [1.807, 2.05) is 0 Å². The summed E-state index contributed by atoms with van der Waals surface area (Å²) >= 11 is 6.03. The summed E-state index contributed by atoms with van der Waals surface area (Å²) in [7, 11) is 1.50. The fourth-order valence-electron chi connectivity index (χ4n) is 3.75. The number of urea groups is 1. The zero-order chi connectivity index (χ0) is 20.3. The molecule has 0 radical (unpaired) electrons. The Hall–Kier alpha value is -2.03. The van der Waals surface area contributed by atoms with Gasteiger partial charge in [-0.05, 0) is 38.3 Å². The number of carbonyl (C=O) groups is 3. The number of piperidine rings is 1. The van der Waals surface area contributed by atoms with Gasteiger partial charge in [-0.1, -0.05) is 11.6 Å². The average Bonchev–Trinajstić information content (AvgIpc) is 2.94. The van der Waals surface area contributed by atoms with Crippen LogP contribution in [0.5, 0.6) is 5.75 Å². The van der Waals surface area contributed by atoms with E-state index >= 15 is 0 Å². The van der Waals surface area contributed by atoms with Gasteiger partial charge in [0.15, 0.2) is 5.78 Å². The lowest BCUT2D eigenvalue weighted by Gasteiger charge is -2.36. The first-order valence-electron chi connectivity index (χ1n) is 9.37. The first-order chi connectivity index (χ1) is 13.3. The van der Waals surface area contributed by atoms with Crippen LogP contribution in [0.1, 0.15) is 42.5 Å². The number of anilines is 1. The highest BCUT2D eigenvalue weighted by atomic mass is 35.5. The monoisotopic (exact) mass is 444 g/mol. The fourth-order valence-corrected chi connectivity index (χ4v) is 3.91. The normalized spacial score (nSPS) is 18.1. The van der Waals surface area contributed by atoms with Crippen LogP contribution < -0.4 is 21.1 Å². The second-order valence-corrected chi connectivity index (χ2v) is 7.69. The molecule has 8 nitrogen and oxygen atoms in total. The molecule has 160 valence electrons. The zero-order valence-electron chi connectivity index (χ0n) is 16.3. The highest BCUT2D eigenvalue weighted by molar-refractivity contribution is 6.33. The number of imide groups is 1. The molecule has 0 aromatic heterocycles. The number of benzene rings is 1. The van der Waals surface area contributed by atoms with Crippen LogP contribution in [0.3, 0.4) is 0 Å². The van der Waals surface area contributed by atoms with Crippen molar-refractivity contribution in [1.29, 1.82) is 0 Å². The minimum Gasteiger partial charge on any atom is -0.496 e. The molecule has 2 aliphatic heterocycles. The topological polar surface area (TPSA) is 114 Å². The summed E-state index contributed by atoms with van der Waals surface area (Å²) in [4.78, 5) is 38.1. The van der Waals surface area contributed by atoms with Gasteiger partial charge in [-0.3, -0.25) is 14.9 Å². The van der Waals surface area contributed by atoms with Crippen molar-refractivity contribution >= 4 is 47.4 Å². The van der Waals surface area contributed by atoms with Crippen LogP contribution in [-0.4, -0.2) is 54.9 Å². The lowest BCUT2D eigenvalue weighted by atomic mass is 9.87. The molecule has 1 spiro atoms. The summed E-state index contributed by atoms with van der Waals surface area (Å²) in [5.74, 6) is 0.186. The van der Waals surface area contributed by atoms with Crippen molar-refractivity contribution in [2.45, 2.75) is 37.6 Å². The second kappa shape index (κ2) is 9.65. The number of nitrogen functional groups attached to an aromatic ring is 1. The van der Waals surface area contributed by atoms with E-state index < -0.39 is 11.6 Å². The molecule has 2 saturated heterocycles. The SMILES string of the molecule is COc1cc(N)c(Cl)cc1C(=O)CCCCN1CCC2(CC1)NC(=O)NC2=O.Cl. The highest BCUT2D eigenvalue weighted by Gasteiger charge is 2.47. The van der Waals surface area contributed by atoms with Gasteiger partial charge in [-0.15, -0.1) is 12.4 Å². The number of ketones is 1. The molecule has 4 N–H and O–H groups in total. The van der Waals surface area contributed by atoms with E-state index in [0.717, 1.165) is 32.5 Å². The maximum atomic E-state index is 12.5. The van der Waals surface area contributed by atoms with Crippen molar-refractivity contribution in [2.75, 3.05) is 32.5 Å². The van der Waals surface area contributed by atoms with E-state index in [0.29, 0.717) is 41.3 Å². The summed E-state index contributed by atoms with van der Waals surface area (Å²) in [6, 6.07) is 2.72. The summed E-state index contributed by atoms with van der Waals surface area (Å²) < 4.78 is 5.24. The molecule has 0 atom stereocenters. The minimum absolute atomic E-state index is 0. The van der Waals surface area contributed by atoms with E-state index in [2.05, 4.69) is 15.5 Å².